The van der Waals surface area contributed by atoms with E-state index in [1.54, 1.807) is 16.7 Å². The maximum Gasteiger partial charge on any atom is -0.0102 e. The molecule has 2 rings (SSSR count). The predicted octanol–water partition coefficient (Wildman–Crippen LogP) is 5.10. The van der Waals surface area contributed by atoms with E-state index in [1.165, 1.54) is 44.1 Å². The van der Waals surface area contributed by atoms with Gasteiger partial charge in [0.05, 0.1) is 0 Å². The zero-order chi connectivity index (χ0) is 11.4. The molecule has 0 N–H and O–H groups in total. The van der Waals surface area contributed by atoms with Crippen molar-refractivity contribution >= 4 is 0 Å². The largest absolute Gasteiger partial charge is 0.0730 e. The number of allylic oxidation sites excluding steroid dienone is 8. The molecule has 0 aromatic rings. The van der Waals surface area contributed by atoms with Crippen LogP contribution in [-0.2, 0) is 0 Å². The van der Waals surface area contributed by atoms with E-state index < -0.39 is 0 Å². The maximum atomic E-state index is 2.36. The van der Waals surface area contributed by atoms with Crippen molar-refractivity contribution in [1.82, 2.24) is 0 Å². The molecule has 0 atom stereocenters. The Labute approximate surface area is 99.4 Å². The fourth-order valence-electron chi connectivity index (χ4n) is 2.39. The van der Waals surface area contributed by atoms with Gasteiger partial charge in [-0.2, -0.15) is 0 Å². The van der Waals surface area contributed by atoms with E-state index in [2.05, 4.69) is 38.2 Å². The van der Waals surface area contributed by atoms with Gasteiger partial charge in [0.1, 0.15) is 0 Å². The first-order valence-electron chi connectivity index (χ1n) is 6.50. The van der Waals surface area contributed by atoms with Crippen molar-refractivity contribution in [3.8, 4) is 0 Å². The molecule has 2 aliphatic rings. The summed E-state index contributed by atoms with van der Waals surface area (Å²) in [7, 11) is 0. The van der Waals surface area contributed by atoms with E-state index in [0.717, 1.165) is 0 Å². The molecule has 0 amide bonds. The third-order valence-electron chi connectivity index (χ3n) is 3.67. The summed E-state index contributed by atoms with van der Waals surface area (Å²) >= 11 is 0. The highest BCUT2D eigenvalue weighted by atomic mass is 14.1. The second-order valence-electron chi connectivity index (χ2n) is 5.02. The molecule has 0 fully saturated rings. The molecule has 0 nitrogen and oxygen atoms in total. The number of rotatable bonds is 3. The van der Waals surface area contributed by atoms with Crippen molar-refractivity contribution in [2.75, 3.05) is 0 Å². The second-order valence-corrected chi connectivity index (χ2v) is 5.02. The average Bonchev–Trinajstić information content (AvgIpc) is 2.33. The Balaban J connectivity index is 1.96. The fraction of sp³-hybridized carbons (Fsp3) is 0.500. The molecule has 0 bridgehead atoms. The Hall–Kier alpha value is -1.04. The Morgan fingerprint density at radius 3 is 1.88 bits per heavy atom. The van der Waals surface area contributed by atoms with E-state index in [9.17, 15) is 0 Å². The Kier molecular flexibility index (Phi) is 3.82. The lowest BCUT2D eigenvalue weighted by molar-refractivity contribution is 0.799. The van der Waals surface area contributed by atoms with Crippen molar-refractivity contribution < 1.29 is 0 Å². The minimum absolute atomic E-state index is 1.21. The quantitative estimate of drug-likeness (QED) is 0.613. The molecule has 0 unspecified atom stereocenters. The van der Waals surface area contributed by atoms with Crippen LogP contribution in [0.25, 0.3) is 0 Å². The number of hydrogen-bond donors (Lipinski definition) is 0. The van der Waals surface area contributed by atoms with Crippen LogP contribution in [0, 0.1) is 0 Å². The van der Waals surface area contributed by atoms with Crippen LogP contribution in [0.3, 0.4) is 0 Å². The normalized spacial score (nSPS) is 20.9. The zero-order valence-electron chi connectivity index (χ0n) is 10.6. The van der Waals surface area contributed by atoms with Crippen LogP contribution in [0.2, 0.25) is 0 Å². The van der Waals surface area contributed by atoms with E-state index in [1.807, 2.05) is 0 Å². The first kappa shape index (κ1) is 11.4. The fourth-order valence-corrected chi connectivity index (χ4v) is 2.39. The molecule has 0 heteroatoms. The van der Waals surface area contributed by atoms with Gasteiger partial charge in [0, 0.05) is 0 Å². The van der Waals surface area contributed by atoms with Crippen LogP contribution in [0.4, 0.5) is 0 Å². The van der Waals surface area contributed by atoms with Gasteiger partial charge in [-0.15, -0.1) is 0 Å². The van der Waals surface area contributed by atoms with Crippen molar-refractivity contribution in [1.29, 1.82) is 0 Å². The SMILES string of the molecule is CCC1=CC=C(CC2=CC=C(C)CC2)CC1. The molecule has 0 aromatic heterocycles. The predicted molar refractivity (Wildman–Crippen MR) is 71.4 cm³/mol. The van der Waals surface area contributed by atoms with Gasteiger partial charge in [0.2, 0.25) is 0 Å². The van der Waals surface area contributed by atoms with E-state index in [0.29, 0.717) is 0 Å². The molecule has 2 aliphatic carbocycles. The second kappa shape index (κ2) is 5.34. The molecular weight excluding hydrogens is 192 g/mol. The van der Waals surface area contributed by atoms with Gasteiger partial charge in [0.15, 0.2) is 0 Å². The lowest BCUT2D eigenvalue weighted by Gasteiger charge is -2.17. The molecule has 0 aliphatic heterocycles. The van der Waals surface area contributed by atoms with Gasteiger partial charge < -0.3 is 0 Å². The monoisotopic (exact) mass is 214 g/mol. The summed E-state index contributed by atoms with van der Waals surface area (Å²) in [5, 5.41) is 0. The molecule has 0 spiro atoms. The van der Waals surface area contributed by atoms with Crippen LogP contribution < -0.4 is 0 Å². The van der Waals surface area contributed by atoms with Gasteiger partial charge in [-0.05, 0) is 45.4 Å². The maximum absolute atomic E-state index is 2.36. The van der Waals surface area contributed by atoms with Gasteiger partial charge in [0.25, 0.3) is 0 Å². The van der Waals surface area contributed by atoms with Gasteiger partial charge in [-0.3, -0.25) is 0 Å². The van der Waals surface area contributed by atoms with Crippen LogP contribution in [-0.4, -0.2) is 0 Å². The van der Waals surface area contributed by atoms with Gasteiger partial charge >= 0.3 is 0 Å². The van der Waals surface area contributed by atoms with Crippen molar-refractivity contribution in [3.05, 3.63) is 46.6 Å². The van der Waals surface area contributed by atoms with Crippen molar-refractivity contribution in [2.24, 2.45) is 0 Å². The molecule has 0 saturated heterocycles. The molecule has 0 saturated carbocycles. The summed E-state index contributed by atoms with van der Waals surface area (Å²) < 4.78 is 0. The first-order valence-corrected chi connectivity index (χ1v) is 6.50. The third-order valence-corrected chi connectivity index (χ3v) is 3.67. The van der Waals surface area contributed by atoms with E-state index in [-0.39, 0.29) is 0 Å². The van der Waals surface area contributed by atoms with Gasteiger partial charge in [-0.1, -0.05) is 53.5 Å². The smallest absolute Gasteiger partial charge is 0.0102 e. The average molecular weight is 214 g/mol. The van der Waals surface area contributed by atoms with Crippen LogP contribution in [0.1, 0.15) is 52.4 Å². The third kappa shape index (κ3) is 2.98. The molecule has 86 valence electrons. The Morgan fingerprint density at radius 1 is 0.812 bits per heavy atom. The van der Waals surface area contributed by atoms with Crippen LogP contribution >= 0.6 is 0 Å². The highest BCUT2D eigenvalue weighted by Gasteiger charge is 2.09. The summed E-state index contributed by atoms with van der Waals surface area (Å²) in [6.07, 6.45) is 16.8. The molecular formula is C16H22. The summed E-state index contributed by atoms with van der Waals surface area (Å²) in [5.74, 6) is 0. The minimum Gasteiger partial charge on any atom is -0.0730 e. The summed E-state index contributed by atoms with van der Waals surface area (Å²) in [5.41, 5.74) is 6.37. The summed E-state index contributed by atoms with van der Waals surface area (Å²) in [6.45, 7) is 4.48. The molecule has 0 radical (unpaired) electrons. The molecule has 0 aromatic carbocycles. The zero-order valence-corrected chi connectivity index (χ0v) is 10.6. The van der Waals surface area contributed by atoms with E-state index in [4.69, 9.17) is 0 Å². The van der Waals surface area contributed by atoms with Crippen molar-refractivity contribution in [3.63, 3.8) is 0 Å². The molecule has 16 heavy (non-hydrogen) atoms. The lowest BCUT2D eigenvalue weighted by Crippen LogP contribution is -1.97. The highest BCUT2D eigenvalue weighted by Crippen LogP contribution is 2.28. The van der Waals surface area contributed by atoms with Crippen LogP contribution in [0.15, 0.2) is 46.6 Å². The summed E-state index contributed by atoms with van der Waals surface area (Å²) in [6, 6.07) is 0. The number of hydrogen-bond acceptors (Lipinski definition) is 0. The molecule has 0 heterocycles. The van der Waals surface area contributed by atoms with Crippen LogP contribution in [0.5, 0.6) is 0 Å². The standard InChI is InChI=1S/C16H22/c1-3-14-8-10-16(11-9-14)12-15-6-4-13(2)5-7-15/h4,6,8,10H,3,5,7,9,11-12H2,1-2H3. The summed E-state index contributed by atoms with van der Waals surface area (Å²) in [4.78, 5) is 0. The lowest BCUT2D eigenvalue weighted by atomic mass is 9.89. The van der Waals surface area contributed by atoms with Crippen molar-refractivity contribution in [2.45, 2.75) is 52.4 Å². The van der Waals surface area contributed by atoms with E-state index >= 15 is 0 Å². The minimum atomic E-state index is 1.21. The first-order chi connectivity index (χ1) is 7.78. The Bertz CT molecular complexity index is 375. The topological polar surface area (TPSA) is 0 Å². The highest BCUT2D eigenvalue weighted by molar-refractivity contribution is 5.31. The van der Waals surface area contributed by atoms with Gasteiger partial charge in [-0.25, -0.2) is 0 Å². The Morgan fingerprint density at radius 2 is 1.38 bits per heavy atom.